The van der Waals surface area contributed by atoms with Gasteiger partial charge in [0.15, 0.2) is 0 Å². The first kappa shape index (κ1) is 13.8. The van der Waals surface area contributed by atoms with E-state index in [1.54, 1.807) is 0 Å². The van der Waals surface area contributed by atoms with Gasteiger partial charge in [-0.25, -0.2) is 0 Å². The van der Waals surface area contributed by atoms with Crippen molar-refractivity contribution < 1.29 is 4.57 Å². The van der Waals surface area contributed by atoms with Gasteiger partial charge in [-0.3, -0.25) is 0 Å². The predicted octanol–water partition coefficient (Wildman–Crippen LogP) is 4.97. The van der Waals surface area contributed by atoms with Crippen molar-refractivity contribution in [3.05, 3.63) is 76.9 Å². The largest absolute Gasteiger partial charge is 0.212 e. The molecule has 0 spiro atoms. The van der Waals surface area contributed by atoms with Crippen molar-refractivity contribution >= 4 is 34.7 Å². The molecule has 3 aromatic rings. The molecule has 1 nitrogen and oxygen atoms in total. The highest BCUT2D eigenvalue weighted by Crippen LogP contribution is 2.14. The van der Waals surface area contributed by atoms with Gasteiger partial charge >= 0.3 is 0 Å². The number of benzene rings is 2. The van der Waals surface area contributed by atoms with Gasteiger partial charge in [0, 0.05) is 28.6 Å². The van der Waals surface area contributed by atoms with Crippen molar-refractivity contribution in [2.45, 2.75) is 13.5 Å². The number of hydrogen-bond donors (Lipinski definition) is 0. The summed E-state index contributed by atoms with van der Waals surface area (Å²) in [5.74, 6) is 0. The van der Waals surface area contributed by atoms with Gasteiger partial charge in [-0.2, -0.15) is 4.57 Å². The second-order valence-electron chi connectivity index (χ2n) is 4.95. The number of pyridine rings is 1. The summed E-state index contributed by atoms with van der Waals surface area (Å²) in [6.07, 6.45) is 4.27. The number of rotatable bonds is 3. The number of fused-ring (bicyclic) bond motifs is 1. The summed E-state index contributed by atoms with van der Waals surface area (Å²) < 4.78 is 2.32. The highest BCUT2D eigenvalue weighted by Gasteiger charge is 2.10. The lowest BCUT2D eigenvalue weighted by molar-refractivity contribution is -0.669. The van der Waals surface area contributed by atoms with E-state index in [4.69, 9.17) is 11.6 Å². The van der Waals surface area contributed by atoms with Crippen LogP contribution in [0.15, 0.2) is 60.7 Å². The lowest BCUT2D eigenvalue weighted by Crippen LogP contribution is -2.36. The third-order valence-electron chi connectivity index (χ3n) is 3.61. The van der Waals surface area contributed by atoms with Crippen molar-refractivity contribution in [3.63, 3.8) is 0 Å². The minimum atomic E-state index is 0.765. The first-order valence-corrected chi connectivity index (χ1v) is 7.51. The molecule has 1 aromatic heterocycles. The second-order valence-corrected chi connectivity index (χ2v) is 5.38. The van der Waals surface area contributed by atoms with Crippen molar-refractivity contribution in [3.8, 4) is 0 Å². The lowest BCUT2D eigenvalue weighted by atomic mass is 10.1. The van der Waals surface area contributed by atoms with E-state index in [2.05, 4.69) is 60.0 Å². The van der Waals surface area contributed by atoms with Crippen molar-refractivity contribution in [2.75, 3.05) is 0 Å². The van der Waals surface area contributed by atoms with E-state index >= 15 is 0 Å². The zero-order valence-corrected chi connectivity index (χ0v) is 12.7. The summed E-state index contributed by atoms with van der Waals surface area (Å²) in [5.41, 5.74) is 3.61. The van der Waals surface area contributed by atoms with Crippen LogP contribution < -0.4 is 4.57 Å². The quantitative estimate of drug-likeness (QED) is 0.600. The van der Waals surface area contributed by atoms with Gasteiger partial charge in [0.05, 0.1) is 0 Å². The van der Waals surface area contributed by atoms with Crippen LogP contribution in [0.3, 0.4) is 0 Å². The monoisotopic (exact) mass is 294 g/mol. The fourth-order valence-electron chi connectivity index (χ4n) is 2.53. The maximum atomic E-state index is 5.91. The summed E-state index contributed by atoms with van der Waals surface area (Å²) >= 11 is 5.91. The van der Waals surface area contributed by atoms with Gasteiger partial charge in [0.1, 0.15) is 6.54 Å². The SMILES string of the molecule is CC[n+]1c(/C=C/c2ccc(Cl)cc2)ccc2ccccc21. The summed E-state index contributed by atoms with van der Waals surface area (Å²) in [5, 5.41) is 2.03. The number of halogens is 1. The Morgan fingerprint density at radius 2 is 1.67 bits per heavy atom. The van der Waals surface area contributed by atoms with Crippen LogP contribution in [0.5, 0.6) is 0 Å². The van der Waals surface area contributed by atoms with Crippen LogP contribution in [0.1, 0.15) is 18.2 Å². The average Bonchev–Trinajstić information content (AvgIpc) is 2.53. The molecule has 0 aliphatic rings. The van der Waals surface area contributed by atoms with Crippen LogP contribution in [0, 0.1) is 0 Å². The highest BCUT2D eigenvalue weighted by atomic mass is 35.5. The normalized spacial score (nSPS) is 11.3. The van der Waals surface area contributed by atoms with Gasteiger partial charge in [-0.15, -0.1) is 0 Å². The fourth-order valence-corrected chi connectivity index (χ4v) is 2.66. The predicted molar refractivity (Wildman–Crippen MR) is 90.2 cm³/mol. The van der Waals surface area contributed by atoms with Crippen LogP contribution in [0.4, 0.5) is 0 Å². The molecule has 0 N–H and O–H groups in total. The Bertz CT molecular complexity index is 788. The molecule has 0 atom stereocenters. The topological polar surface area (TPSA) is 3.88 Å². The summed E-state index contributed by atoms with van der Waals surface area (Å²) in [6.45, 7) is 3.12. The third kappa shape index (κ3) is 2.98. The molecule has 0 aliphatic carbocycles. The van der Waals surface area contributed by atoms with E-state index in [0.717, 1.165) is 17.1 Å². The van der Waals surface area contributed by atoms with Gasteiger partial charge in [-0.1, -0.05) is 35.9 Å². The van der Waals surface area contributed by atoms with Crippen LogP contribution in [0.25, 0.3) is 23.1 Å². The summed E-state index contributed by atoms with van der Waals surface area (Å²) in [6, 6.07) is 20.7. The molecule has 2 aromatic carbocycles. The molecule has 21 heavy (non-hydrogen) atoms. The molecule has 3 rings (SSSR count). The lowest BCUT2D eigenvalue weighted by Gasteiger charge is -2.02. The van der Waals surface area contributed by atoms with Gasteiger partial charge < -0.3 is 0 Å². The van der Waals surface area contributed by atoms with Crippen molar-refractivity contribution in [2.24, 2.45) is 0 Å². The van der Waals surface area contributed by atoms with E-state index in [-0.39, 0.29) is 0 Å². The summed E-state index contributed by atoms with van der Waals surface area (Å²) in [4.78, 5) is 0. The van der Waals surface area contributed by atoms with Crippen molar-refractivity contribution in [1.82, 2.24) is 0 Å². The zero-order valence-electron chi connectivity index (χ0n) is 12.0. The number of aromatic nitrogens is 1. The molecule has 0 bridgehead atoms. The molecule has 104 valence electrons. The Labute approximate surface area is 130 Å². The molecule has 0 amide bonds. The number of nitrogens with zero attached hydrogens (tertiary/aromatic N) is 1. The molecule has 0 fully saturated rings. The van der Waals surface area contributed by atoms with E-state index in [9.17, 15) is 0 Å². The standard InChI is InChI=1S/C19H17ClN/c1-2-21-18(13-9-15-7-11-17(20)12-8-15)14-10-16-5-3-4-6-19(16)21/h3-14H,2H2,1H3/q+1/b13-9+. The molecular formula is C19H17ClN+. The molecule has 0 radical (unpaired) electrons. The number of aryl methyl sites for hydroxylation is 1. The maximum Gasteiger partial charge on any atom is 0.212 e. The Balaban J connectivity index is 2.02. The Hall–Kier alpha value is -2.12. The smallest absolute Gasteiger partial charge is 0.192 e. The molecule has 0 unspecified atom stereocenters. The van der Waals surface area contributed by atoms with Crippen molar-refractivity contribution in [1.29, 1.82) is 0 Å². The van der Waals surface area contributed by atoms with Crippen LogP contribution >= 0.6 is 11.6 Å². The summed E-state index contributed by atoms with van der Waals surface area (Å²) in [7, 11) is 0. The van der Waals surface area contributed by atoms with Gasteiger partial charge in [0.2, 0.25) is 11.2 Å². The van der Waals surface area contributed by atoms with E-state index in [1.165, 1.54) is 16.6 Å². The third-order valence-corrected chi connectivity index (χ3v) is 3.86. The Morgan fingerprint density at radius 3 is 2.43 bits per heavy atom. The van der Waals surface area contributed by atoms with Crippen LogP contribution in [-0.2, 0) is 6.54 Å². The minimum Gasteiger partial charge on any atom is -0.192 e. The number of hydrogen-bond acceptors (Lipinski definition) is 0. The van der Waals surface area contributed by atoms with Crippen LogP contribution in [0.2, 0.25) is 5.02 Å². The van der Waals surface area contributed by atoms with Gasteiger partial charge in [0.25, 0.3) is 0 Å². The molecule has 0 saturated heterocycles. The number of para-hydroxylation sites is 1. The van der Waals surface area contributed by atoms with Gasteiger partial charge in [-0.05, 0) is 42.8 Å². The van der Waals surface area contributed by atoms with E-state index in [1.807, 2.05) is 24.3 Å². The Morgan fingerprint density at radius 1 is 0.905 bits per heavy atom. The zero-order chi connectivity index (χ0) is 14.7. The maximum absolute atomic E-state index is 5.91. The molecule has 0 aliphatic heterocycles. The molecular weight excluding hydrogens is 278 g/mol. The highest BCUT2D eigenvalue weighted by molar-refractivity contribution is 6.30. The first-order chi connectivity index (χ1) is 10.3. The van der Waals surface area contributed by atoms with E-state index in [0.29, 0.717) is 0 Å². The Kier molecular flexibility index (Phi) is 4.03. The van der Waals surface area contributed by atoms with E-state index < -0.39 is 0 Å². The first-order valence-electron chi connectivity index (χ1n) is 7.13. The second kappa shape index (κ2) is 6.11. The molecule has 0 saturated carbocycles. The molecule has 2 heteroatoms. The average molecular weight is 295 g/mol. The van der Waals surface area contributed by atoms with Crippen LogP contribution in [-0.4, -0.2) is 0 Å². The minimum absolute atomic E-state index is 0.765. The fraction of sp³-hybridized carbons (Fsp3) is 0.105. The molecule has 1 heterocycles.